The van der Waals surface area contributed by atoms with Gasteiger partial charge < -0.3 is 5.32 Å². The first kappa shape index (κ1) is 15.6. The number of hydrogen-bond donors (Lipinski definition) is 1. The average Bonchev–Trinajstić information content (AvgIpc) is 2.42. The quantitative estimate of drug-likeness (QED) is 0.866. The predicted molar refractivity (Wildman–Crippen MR) is 77.6 cm³/mol. The molecular formula is C17H18F3N. The molecular weight excluding hydrogens is 275 g/mol. The zero-order chi connectivity index (χ0) is 15.4. The van der Waals surface area contributed by atoms with Crippen LogP contribution in [0, 0.1) is 24.4 Å². The van der Waals surface area contributed by atoms with Gasteiger partial charge in [-0.05, 0) is 49.2 Å². The molecule has 2 rings (SSSR count). The highest BCUT2D eigenvalue weighted by Gasteiger charge is 2.17. The molecule has 0 spiro atoms. The summed E-state index contributed by atoms with van der Waals surface area (Å²) in [7, 11) is 0. The van der Waals surface area contributed by atoms with E-state index in [1.54, 1.807) is 6.07 Å². The van der Waals surface area contributed by atoms with E-state index in [4.69, 9.17) is 0 Å². The monoisotopic (exact) mass is 293 g/mol. The van der Waals surface area contributed by atoms with Crippen molar-refractivity contribution < 1.29 is 13.2 Å². The molecule has 1 nitrogen and oxygen atoms in total. The van der Waals surface area contributed by atoms with Crippen LogP contribution in [-0.2, 0) is 6.42 Å². The molecule has 1 N–H and O–H groups in total. The Bertz CT molecular complexity index is 625. The third kappa shape index (κ3) is 3.85. The zero-order valence-corrected chi connectivity index (χ0v) is 12.1. The molecule has 0 saturated heterocycles. The van der Waals surface area contributed by atoms with Crippen LogP contribution in [0.3, 0.4) is 0 Å². The van der Waals surface area contributed by atoms with Gasteiger partial charge in [0.15, 0.2) is 0 Å². The summed E-state index contributed by atoms with van der Waals surface area (Å²) in [4.78, 5) is 0. The molecule has 0 radical (unpaired) electrons. The van der Waals surface area contributed by atoms with Crippen LogP contribution in [0.25, 0.3) is 0 Å². The van der Waals surface area contributed by atoms with Gasteiger partial charge in [0.2, 0.25) is 0 Å². The Labute approximate surface area is 122 Å². The maximum Gasteiger partial charge on any atom is 0.130 e. The van der Waals surface area contributed by atoms with E-state index in [1.165, 1.54) is 24.3 Å². The first-order valence-electron chi connectivity index (χ1n) is 6.94. The van der Waals surface area contributed by atoms with Gasteiger partial charge in [0.1, 0.15) is 17.5 Å². The lowest BCUT2D eigenvalue weighted by Gasteiger charge is -2.20. The fourth-order valence-electron chi connectivity index (χ4n) is 2.40. The van der Waals surface area contributed by atoms with E-state index in [0.29, 0.717) is 18.5 Å². The van der Waals surface area contributed by atoms with E-state index < -0.39 is 11.6 Å². The summed E-state index contributed by atoms with van der Waals surface area (Å²) in [5.74, 6) is -1.51. The zero-order valence-electron chi connectivity index (χ0n) is 12.1. The molecule has 1 atom stereocenters. The van der Waals surface area contributed by atoms with Gasteiger partial charge in [0.05, 0.1) is 0 Å². The van der Waals surface area contributed by atoms with Gasteiger partial charge in [-0.25, -0.2) is 13.2 Å². The highest BCUT2D eigenvalue weighted by molar-refractivity contribution is 5.30. The third-order valence-electron chi connectivity index (χ3n) is 3.52. The maximum absolute atomic E-state index is 14.0. The summed E-state index contributed by atoms with van der Waals surface area (Å²) in [5, 5.41) is 3.17. The SMILES string of the molecule is CCNC(Cc1cc(F)ccc1C)c1ccc(F)cc1F. The van der Waals surface area contributed by atoms with E-state index in [0.717, 1.165) is 17.2 Å². The molecule has 21 heavy (non-hydrogen) atoms. The molecule has 0 fully saturated rings. The van der Waals surface area contributed by atoms with Gasteiger partial charge in [0, 0.05) is 17.7 Å². The Kier molecular flexibility index (Phi) is 5.02. The number of hydrogen-bond acceptors (Lipinski definition) is 1. The van der Waals surface area contributed by atoms with Crippen molar-refractivity contribution in [1.82, 2.24) is 5.32 Å². The standard InChI is InChI=1S/C17H18F3N/c1-3-21-17(15-7-6-14(19)10-16(15)20)9-12-8-13(18)5-4-11(12)2/h4-8,10,17,21H,3,9H2,1-2H3. The van der Waals surface area contributed by atoms with Crippen molar-refractivity contribution in [2.24, 2.45) is 0 Å². The Morgan fingerprint density at radius 3 is 2.33 bits per heavy atom. The van der Waals surface area contributed by atoms with Crippen molar-refractivity contribution in [3.8, 4) is 0 Å². The lowest BCUT2D eigenvalue weighted by Crippen LogP contribution is -2.24. The summed E-state index contributed by atoms with van der Waals surface area (Å²) >= 11 is 0. The Morgan fingerprint density at radius 1 is 1.00 bits per heavy atom. The first-order valence-corrected chi connectivity index (χ1v) is 6.94. The summed E-state index contributed by atoms with van der Waals surface area (Å²) in [6.45, 7) is 4.43. The van der Waals surface area contributed by atoms with Crippen LogP contribution in [0.2, 0.25) is 0 Å². The minimum Gasteiger partial charge on any atom is -0.310 e. The number of halogens is 3. The fraction of sp³-hybridized carbons (Fsp3) is 0.294. The smallest absolute Gasteiger partial charge is 0.130 e. The van der Waals surface area contributed by atoms with E-state index in [2.05, 4.69) is 5.32 Å². The topological polar surface area (TPSA) is 12.0 Å². The lowest BCUT2D eigenvalue weighted by molar-refractivity contribution is 0.500. The first-order chi connectivity index (χ1) is 10.0. The predicted octanol–water partition coefficient (Wildman–Crippen LogP) is 4.31. The highest BCUT2D eigenvalue weighted by atomic mass is 19.1. The highest BCUT2D eigenvalue weighted by Crippen LogP contribution is 2.24. The van der Waals surface area contributed by atoms with Gasteiger partial charge in [-0.2, -0.15) is 0 Å². The number of benzene rings is 2. The fourth-order valence-corrected chi connectivity index (χ4v) is 2.40. The molecule has 0 saturated carbocycles. The number of aryl methyl sites for hydroxylation is 1. The van der Waals surface area contributed by atoms with Crippen LogP contribution < -0.4 is 5.32 Å². The van der Waals surface area contributed by atoms with E-state index in [9.17, 15) is 13.2 Å². The molecule has 0 amide bonds. The largest absolute Gasteiger partial charge is 0.310 e. The molecule has 0 bridgehead atoms. The Hall–Kier alpha value is -1.81. The summed E-state index contributed by atoms with van der Waals surface area (Å²) in [5.41, 5.74) is 2.15. The van der Waals surface area contributed by atoms with Crippen molar-refractivity contribution in [3.05, 3.63) is 70.5 Å². The molecule has 0 aromatic heterocycles. The van der Waals surface area contributed by atoms with Gasteiger partial charge >= 0.3 is 0 Å². The van der Waals surface area contributed by atoms with Crippen molar-refractivity contribution in [3.63, 3.8) is 0 Å². The van der Waals surface area contributed by atoms with Crippen molar-refractivity contribution >= 4 is 0 Å². The second-order valence-corrected chi connectivity index (χ2v) is 5.05. The molecule has 2 aromatic carbocycles. The minimum absolute atomic E-state index is 0.314. The van der Waals surface area contributed by atoms with E-state index in [1.807, 2.05) is 13.8 Å². The normalized spacial score (nSPS) is 12.4. The van der Waals surface area contributed by atoms with Crippen molar-refractivity contribution in [2.45, 2.75) is 26.3 Å². The van der Waals surface area contributed by atoms with Gasteiger partial charge in [-0.1, -0.05) is 19.1 Å². The number of likely N-dealkylation sites (N-methyl/N-ethyl adjacent to an activating group) is 1. The van der Waals surface area contributed by atoms with Crippen LogP contribution in [0.15, 0.2) is 36.4 Å². The molecule has 0 aliphatic heterocycles. The van der Waals surface area contributed by atoms with Gasteiger partial charge in [-0.3, -0.25) is 0 Å². The molecule has 4 heteroatoms. The Balaban J connectivity index is 2.32. The molecule has 0 heterocycles. The van der Waals surface area contributed by atoms with Crippen LogP contribution in [-0.4, -0.2) is 6.54 Å². The van der Waals surface area contributed by atoms with Crippen LogP contribution in [0.5, 0.6) is 0 Å². The van der Waals surface area contributed by atoms with Gasteiger partial charge in [0.25, 0.3) is 0 Å². The van der Waals surface area contributed by atoms with Crippen molar-refractivity contribution in [1.29, 1.82) is 0 Å². The van der Waals surface area contributed by atoms with Crippen LogP contribution >= 0.6 is 0 Å². The average molecular weight is 293 g/mol. The van der Waals surface area contributed by atoms with Crippen molar-refractivity contribution in [2.75, 3.05) is 6.54 Å². The van der Waals surface area contributed by atoms with E-state index >= 15 is 0 Å². The van der Waals surface area contributed by atoms with Gasteiger partial charge in [-0.15, -0.1) is 0 Å². The Morgan fingerprint density at radius 2 is 1.67 bits per heavy atom. The lowest BCUT2D eigenvalue weighted by atomic mass is 9.95. The molecule has 0 aliphatic carbocycles. The second-order valence-electron chi connectivity index (χ2n) is 5.05. The van der Waals surface area contributed by atoms with E-state index in [-0.39, 0.29) is 11.9 Å². The molecule has 2 aromatic rings. The second kappa shape index (κ2) is 6.76. The van der Waals surface area contributed by atoms with Crippen LogP contribution in [0.4, 0.5) is 13.2 Å². The van der Waals surface area contributed by atoms with Crippen LogP contribution in [0.1, 0.15) is 29.7 Å². The minimum atomic E-state index is -0.603. The number of nitrogens with one attached hydrogen (secondary N) is 1. The summed E-state index contributed by atoms with van der Waals surface area (Å²) in [6.07, 6.45) is 0.444. The maximum atomic E-state index is 14.0. The number of rotatable bonds is 5. The molecule has 1 unspecified atom stereocenters. The summed E-state index contributed by atoms with van der Waals surface area (Å²) < 4.78 is 40.4. The molecule has 112 valence electrons. The third-order valence-corrected chi connectivity index (χ3v) is 3.52. The molecule has 0 aliphatic rings. The summed E-state index contributed by atoms with van der Waals surface area (Å²) in [6, 6.07) is 7.79.